The molecule has 3 heteroatoms. The number of nitrogens with zero attached hydrogens (tertiary/aromatic N) is 2. The van der Waals surface area contributed by atoms with Crippen molar-refractivity contribution >= 4 is 0 Å². The Balaban J connectivity index is 2.47. The van der Waals surface area contributed by atoms with Gasteiger partial charge in [0.15, 0.2) is 0 Å². The van der Waals surface area contributed by atoms with Gasteiger partial charge in [-0.15, -0.1) is 0 Å². The maximum absolute atomic E-state index is 9.59. The van der Waals surface area contributed by atoms with Crippen LogP contribution < -0.4 is 0 Å². The van der Waals surface area contributed by atoms with Gasteiger partial charge in [-0.1, -0.05) is 19.8 Å². The summed E-state index contributed by atoms with van der Waals surface area (Å²) < 4.78 is 1.71. The molecule has 0 aliphatic heterocycles. The first-order chi connectivity index (χ1) is 5.74. The minimum Gasteiger partial charge on any atom is -0.387 e. The van der Waals surface area contributed by atoms with Crippen molar-refractivity contribution < 1.29 is 5.11 Å². The molecular formula is C9H16N2O. The van der Waals surface area contributed by atoms with E-state index in [0.29, 0.717) is 0 Å². The van der Waals surface area contributed by atoms with Crippen LogP contribution >= 0.6 is 0 Å². The van der Waals surface area contributed by atoms with Crippen molar-refractivity contribution in [3.63, 3.8) is 0 Å². The molecule has 1 atom stereocenters. The van der Waals surface area contributed by atoms with Gasteiger partial charge < -0.3 is 5.11 Å². The van der Waals surface area contributed by atoms with Gasteiger partial charge in [0.1, 0.15) is 0 Å². The number of aromatic nitrogens is 2. The molecule has 1 aromatic rings. The summed E-state index contributed by atoms with van der Waals surface area (Å²) in [4.78, 5) is 0. The molecule has 0 aromatic carbocycles. The second-order valence-electron chi connectivity index (χ2n) is 3.07. The van der Waals surface area contributed by atoms with Crippen LogP contribution in [0.4, 0.5) is 0 Å². The minimum absolute atomic E-state index is 0.383. The Morgan fingerprint density at radius 2 is 2.42 bits per heavy atom. The molecule has 0 saturated carbocycles. The number of hydrogen-bond acceptors (Lipinski definition) is 2. The van der Waals surface area contributed by atoms with Gasteiger partial charge in [0.2, 0.25) is 0 Å². The first-order valence-electron chi connectivity index (χ1n) is 4.41. The zero-order valence-corrected chi connectivity index (χ0v) is 7.70. The normalized spacial score (nSPS) is 13.2. The van der Waals surface area contributed by atoms with Gasteiger partial charge in [0.05, 0.1) is 11.8 Å². The lowest BCUT2D eigenvalue weighted by Crippen LogP contribution is -1.99. The molecule has 0 bridgehead atoms. The Morgan fingerprint density at radius 3 is 2.92 bits per heavy atom. The van der Waals surface area contributed by atoms with Crippen LogP contribution in [0.25, 0.3) is 0 Å². The molecule has 1 aromatic heterocycles. The van der Waals surface area contributed by atoms with Crippen LogP contribution in [-0.4, -0.2) is 14.9 Å². The molecule has 0 radical (unpaired) electrons. The highest BCUT2D eigenvalue weighted by Gasteiger charge is 2.08. The second-order valence-corrected chi connectivity index (χ2v) is 3.07. The van der Waals surface area contributed by atoms with E-state index in [2.05, 4.69) is 12.0 Å². The highest BCUT2D eigenvalue weighted by molar-refractivity contribution is 5.02. The SMILES string of the molecule is CCCCC(O)c1ccn(C)n1. The van der Waals surface area contributed by atoms with E-state index in [9.17, 15) is 5.11 Å². The number of rotatable bonds is 4. The first-order valence-corrected chi connectivity index (χ1v) is 4.41. The third kappa shape index (κ3) is 2.34. The molecule has 0 aliphatic rings. The minimum atomic E-state index is -0.383. The van der Waals surface area contributed by atoms with E-state index in [4.69, 9.17) is 0 Å². The van der Waals surface area contributed by atoms with Crippen molar-refractivity contribution in [1.29, 1.82) is 0 Å². The van der Waals surface area contributed by atoms with Crippen molar-refractivity contribution in [2.75, 3.05) is 0 Å². The zero-order chi connectivity index (χ0) is 8.97. The molecule has 0 fully saturated rings. The molecule has 0 spiro atoms. The Morgan fingerprint density at radius 1 is 1.67 bits per heavy atom. The molecule has 0 amide bonds. The summed E-state index contributed by atoms with van der Waals surface area (Å²) in [6.45, 7) is 2.12. The molecule has 12 heavy (non-hydrogen) atoms. The summed E-state index contributed by atoms with van der Waals surface area (Å²) in [5.74, 6) is 0. The molecule has 1 heterocycles. The highest BCUT2D eigenvalue weighted by Crippen LogP contribution is 2.16. The topological polar surface area (TPSA) is 38.0 Å². The average molecular weight is 168 g/mol. The van der Waals surface area contributed by atoms with E-state index in [1.165, 1.54) is 0 Å². The summed E-state index contributed by atoms with van der Waals surface area (Å²) in [6.07, 6.45) is 4.45. The fourth-order valence-corrected chi connectivity index (χ4v) is 1.16. The van der Waals surface area contributed by atoms with E-state index < -0.39 is 0 Å². The monoisotopic (exact) mass is 168 g/mol. The largest absolute Gasteiger partial charge is 0.387 e. The van der Waals surface area contributed by atoms with Gasteiger partial charge >= 0.3 is 0 Å². The Labute approximate surface area is 73.0 Å². The quantitative estimate of drug-likeness (QED) is 0.742. The molecule has 0 saturated heterocycles. The Kier molecular flexibility index (Phi) is 3.29. The zero-order valence-electron chi connectivity index (χ0n) is 7.70. The number of aliphatic hydroxyl groups is 1. The summed E-state index contributed by atoms with van der Waals surface area (Å²) >= 11 is 0. The average Bonchev–Trinajstić information content (AvgIpc) is 2.47. The van der Waals surface area contributed by atoms with E-state index in [-0.39, 0.29) is 6.10 Å². The molecule has 1 unspecified atom stereocenters. The van der Waals surface area contributed by atoms with Crippen molar-refractivity contribution in [3.05, 3.63) is 18.0 Å². The van der Waals surface area contributed by atoms with Crippen LogP contribution in [-0.2, 0) is 7.05 Å². The van der Waals surface area contributed by atoms with Crippen molar-refractivity contribution in [2.45, 2.75) is 32.3 Å². The predicted molar refractivity (Wildman–Crippen MR) is 47.7 cm³/mol. The van der Waals surface area contributed by atoms with Crippen LogP contribution in [0.3, 0.4) is 0 Å². The van der Waals surface area contributed by atoms with Crippen LogP contribution in [0.5, 0.6) is 0 Å². The lowest BCUT2D eigenvalue weighted by molar-refractivity contribution is 0.159. The first kappa shape index (κ1) is 9.26. The van der Waals surface area contributed by atoms with Gasteiger partial charge in [0.25, 0.3) is 0 Å². The summed E-state index contributed by atoms with van der Waals surface area (Å²) in [5.41, 5.74) is 0.783. The molecule has 68 valence electrons. The summed E-state index contributed by atoms with van der Waals surface area (Å²) in [5, 5.41) is 13.7. The van der Waals surface area contributed by atoms with Gasteiger partial charge in [-0.05, 0) is 12.5 Å². The number of aliphatic hydroxyl groups excluding tert-OH is 1. The molecular weight excluding hydrogens is 152 g/mol. The highest BCUT2D eigenvalue weighted by atomic mass is 16.3. The van der Waals surface area contributed by atoms with E-state index in [1.54, 1.807) is 4.68 Å². The van der Waals surface area contributed by atoms with Gasteiger partial charge in [-0.2, -0.15) is 5.10 Å². The van der Waals surface area contributed by atoms with E-state index in [1.807, 2.05) is 19.3 Å². The lowest BCUT2D eigenvalue weighted by Gasteiger charge is -2.05. The van der Waals surface area contributed by atoms with Crippen molar-refractivity contribution in [2.24, 2.45) is 7.05 Å². The fourth-order valence-electron chi connectivity index (χ4n) is 1.16. The van der Waals surface area contributed by atoms with Gasteiger partial charge in [-0.3, -0.25) is 4.68 Å². The van der Waals surface area contributed by atoms with Crippen LogP contribution in [0.1, 0.15) is 38.0 Å². The van der Waals surface area contributed by atoms with Crippen LogP contribution in [0, 0.1) is 0 Å². The standard InChI is InChI=1S/C9H16N2O/c1-3-4-5-9(12)8-6-7-11(2)10-8/h6-7,9,12H,3-5H2,1-2H3. The third-order valence-corrected chi connectivity index (χ3v) is 1.91. The summed E-state index contributed by atoms with van der Waals surface area (Å²) in [7, 11) is 1.86. The van der Waals surface area contributed by atoms with Crippen molar-refractivity contribution in [1.82, 2.24) is 9.78 Å². The predicted octanol–water partition coefficient (Wildman–Crippen LogP) is 1.64. The molecule has 0 aliphatic carbocycles. The maximum Gasteiger partial charge on any atom is 0.0978 e. The third-order valence-electron chi connectivity index (χ3n) is 1.91. The van der Waals surface area contributed by atoms with Crippen LogP contribution in [0.15, 0.2) is 12.3 Å². The number of unbranched alkanes of at least 4 members (excludes halogenated alkanes) is 1. The Hall–Kier alpha value is -0.830. The molecule has 3 nitrogen and oxygen atoms in total. The van der Waals surface area contributed by atoms with E-state index in [0.717, 1.165) is 25.0 Å². The van der Waals surface area contributed by atoms with Gasteiger partial charge in [0, 0.05) is 13.2 Å². The smallest absolute Gasteiger partial charge is 0.0978 e. The molecule has 1 N–H and O–H groups in total. The number of aryl methyl sites for hydroxylation is 1. The maximum atomic E-state index is 9.59. The number of hydrogen-bond donors (Lipinski definition) is 1. The second kappa shape index (κ2) is 4.26. The summed E-state index contributed by atoms with van der Waals surface area (Å²) in [6, 6.07) is 1.86. The van der Waals surface area contributed by atoms with Crippen LogP contribution in [0.2, 0.25) is 0 Å². The fraction of sp³-hybridized carbons (Fsp3) is 0.667. The van der Waals surface area contributed by atoms with E-state index >= 15 is 0 Å². The Bertz CT molecular complexity index is 232. The van der Waals surface area contributed by atoms with Crippen molar-refractivity contribution in [3.8, 4) is 0 Å². The van der Waals surface area contributed by atoms with Gasteiger partial charge in [-0.25, -0.2) is 0 Å². The molecule has 1 rings (SSSR count). The lowest BCUT2D eigenvalue weighted by atomic mass is 10.1.